The topological polar surface area (TPSA) is 55.1 Å². The van der Waals surface area contributed by atoms with E-state index in [1.54, 1.807) is 6.07 Å². The first kappa shape index (κ1) is 18.3. The van der Waals surface area contributed by atoms with Crippen LogP contribution in [-0.2, 0) is 17.3 Å². The van der Waals surface area contributed by atoms with Crippen LogP contribution in [0, 0.1) is 13.8 Å². The van der Waals surface area contributed by atoms with Crippen molar-refractivity contribution in [1.82, 2.24) is 9.78 Å². The van der Waals surface area contributed by atoms with Gasteiger partial charge >= 0.3 is 6.18 Å². The third-order valence-electron chi connectivity index (χ3n) is 3.95. The Kier molecular flexibility index (Phi) is 4.72. The predicted octanol–water partition coefficient (Wildman–Crippen LogP) is 4.76. The molecule has 3 rings (SSSR count). The zero-order valence-electron chi connectivity index (χ0n) is 13.9. The van der Waals surface area contributed by atoms with Crippen molar-refractivity contribution in [3.8, 4) is 16.9 Å². The third-order valence-corrected chi connectivity index (χ3v) is 4.63. The molecule has 0 aliphatic carbocycles. The molecular formula is C18H15F3N2O2S. The molecule has 1 aromatic heterocycles. The van der Waals surface area contributed by atoms with E-state index in [4.69, 9.17) is 4.55 Å². The van der Waals surface area contributed by atoms with Gasteiger partial charge in [0, 0.05) is 5.56 Å². The molecule has 1 N–H and O–H groups in total. The monoisotopic (exact) mass is 380 g/mol. The van der Waals surface area contributed by atoms with Crippen LogP contribution in [0.25, 0.3) is 16.9 Å². The van der Waals surface area contributed by atoms with Crippen molar-refractivity contribution in [2.24, 2.45) is 0 Å². The Bertz CT molecular complexity index is 979. The molecule has 1 atom stereocenters. The molecule has 0 amide bonds. The van der Waals surface area contributed by atoms with Gasteiger partial charge in [-0.15, -0.1) is 0 Å². The van der Waals surface area contributed by atoms with Gasteiger partial charge in [-0.3, -0.25) is 0 Å². The van der Waals surface area contributed by atoms with E-state index in [1.165, 1.54) is 28.9 Å². The number of alkyl halides is 3. The molecule has 0 aliphatic heterocycles. The minimum atomic E-state index is -4.58. The van der Waals surface area contributed by atoms with Crippen LogP contribution in [0.5, 0.6) is 0 Å². The Hall–Kier alpha value is -2.45. The molecule has 4 nitrogen and oxygen atoms in total. The Morgan fingerprint density at radius 2 is 1.69 bits per heavy atom. The number of aromatic nitrogens is 2. The molecule has 1 heterocycles. The molecule has 1 unspecified atom stereocenters. The average Bonchev–Trinajstić information content (AvgIpc) is 3.02. The highest BCUT2D eigenvalue weighted by Crippen LogP contribution is 2.34. The lowest BCUT2D eigenvalue weighted by Gasteiger charge is -2.11. The minimum Gasteiger partial charge on any atom is -0.302 e. The fourth-order valence-electron chi connectivity index (χ4n) is 2.62. The highest BCUT2D eigenvalue weighted by atomic mass is 32.2. The van der Waals surface area contributed by atoms with Crippen LogP contribution in [0.3, 0.4) is 0 Å². The molecule has 2 aromatic carbocycles. The summed E-state index contributed by atoms with van der Waals surface area (Å²) in [7, 11) is 0. The fraction of sp³-hybridized carbons (Fsp3) is 0.167. The Morgan fingerprint density at radius 1 is 1.04 bits per heavy atom. The van der Waals surface area contributed by atoms with Crippen molar-refractivity contribution in [3.63, 3.8) is 0 Å². The summed E-state index contributed by atoms with van der Waals surface area (Å²) in [6.45, 7) is 3.68. The summed E-state index contributed by atoms with van der Waals surface area (Å²) in [4.78, 5) is 0.158. The molecular weight excluding hydrogens is 365 g/mol. The summed E-state index contributed by atoms with van der Waals surface area (Å²) < 4.78 is 61.0. The lowest BCUT2D eigenvalue weighted by molar-refractivity contribution is -0.141. The fourth-order valence-corrected chi connectivity index (χ4v) is 2.99. The molecule has 0 spiro atoms. The number of hydrogen-bond acceptors (Lipinski definition) is 2. The van der Waals surface area contributed by atoms with E-state index in [0.29, 0.717) is 16.9 Å². The van der Waals surface area contributed by atoms with Crippen molar-refractivity contribution in [3.05, 3.63) is 65.4 Å². The Labute approximate surface area is 150 Å². The summed E-state index contributed by atoms with van der Waals surface area (Å²) in [6.07, 6.45) is -4.58. The van der Waals surface area contributed by atoms with Crippen molar-refractivity contribution in [2.75, 3.05) is 0 Å². The highest BCUT2D eigenvalue weighted by Gasteiger charge is 2.35. The number of benzene rings is 2. The van der Waals surface area contributed by atoms with Crippen LogP contribution in [0.1, 0.15) is 16.8 Å². The molecule has 0 radical (unpaired) electrons. The minimum absolute atomic E-state index is 0.158. The maximum atomic E-state index is 13.2. The first-order valence-corrected chi connectivity index (χ1v) is 8.73. The van der Waals surface area contributed by atoms with Crippen molar-refractivity contribution < 1.29 is 21.9 Å². The van der Waals surface area contributed by atoms with Crippen molar-refractivity contribution in [1.29, 1.82) is 0 Å². The largest absolute Gasteiger partial charge is 0.435 e. The van der Waals surface area contributed by atoms with Crippen molar-refractivity contribution >= 4 is 11.1 Å². The molecule has 0 saturated heterocycles. The van der Waals surface area contributed by atoms with Crippen LogP contribution in [-0.4, -0.2) is 18.5 Å². The van der Waals surface area contributed by atoms with Crippen molar-refractivity contribution in [2.45, 2.75) is 24.9 Å². The van der Waals surface area contributed by atoms with E-state index in [1.807, 2.05) is 26.0 Å². The van der Waals surface area contributed by atoms with Gasteiger partial charge < -0.3 is 4.55 Å². The van der Waals surface area contributed by atoms with Gasteiger partial charge in [-0.2, -0.15) is 18.3 Å². The summed E-state index contributed by atoms with van der Waals surface area (Å²) in [5.41, 5.74) is 2.05. The van der Waals surface area contributed by atoms with Gasteiger partial charge in [0.1, 0.15) is 0 Å². The van der Waals surface area contributed by atoms with Crippen LogP contribution >= 0.6 is 0 Å². The van der Waals surface area contributed by atoms with Gasteiger partial charge in [0.05, 0.1) is 16.3 Å². The van der Waals surface area contributed by atoms with Gasteiger partial charge in [-0.25, -0.2) is 8.89 Å². The van der Waals surface area contributed by atoms with Crippen LogP contribution in [0.15, 0.2) is 53.4 Å². The van der Waals surface area contributed by atoms with Gasteiger partial charge in [0.25, 0.3) is 0 Å². The van der Waals surface area contributed by atoms with Gasteiger partial charge in [0.2, 0.25) is 0 Å². The smallest absolute Gasteiger partial charge is 0.302 e. The molecule has 3 aromatic rings. The summed E-state index contributed by atoms with van der Waals surface area (Å²) in [6, 6.07) is 12.2. The number of aryl methyl sites for hydroxylation is 2. The van der Waals surface area contributed by atoms with Crippen LogP contribution in [0.2, 0.25) is 0 Å². The molecule has 26 heavy (non-hydrogen) atoms. The first-order chi connectivity index (χ1) is 12.2. The number of rotatable bonds is 3. The third kappa shape index (κ3) is 3.56. The highest BCUT2D eigenvalue weighted by molar-refractivity contribution is 7.79. The Balaban J connectivity index is 2.22. The maximum Gasteiger partial charge on any atom is 0.435 e. The quantitative estimate of drug-likeness (QED) is 0.667. The second-order valence-electron chi connectivity index (χ2n) is 5.89. The zero-order chi connectivity index (χ0) is 19.1. The van der Waals surface area contributed by atoms with Gasteiger partial charge in [-0.05, 0) is 55.8 Å². The van der Waals surface area contributed by atoms with Crippen LogP contribution < -0.4 is 0 Å². The average molecular weight is 380 g/mol. The summed E-state index contributed by atoms with van der Waals surface area (Å²) >= 11 is -2.16. The summed E-state index contributed by atoms with van der Waals surface area (Å²) in [5.74, 6) is 0. The van der Waals surface area contributed by atoms with E-state index in [9.17, 15) is 17.4 Å². The first-order valence-electron chi connectivity index (χ1n) is 7.63. The number of hydrogen-bond donors (Lipinski definition) is 1. The van der Waals surface area contributed by atoms with E-state index in [2.05, 4.69) is 5.10 Å². The second kappa shape index (κ2) is 6.69. The number of nitrogens with zero attached hydrogens (tertiary/aromatic N) is 2. The molecule has 8 heteroatoms. The van der Waals surface area contributed by atoms with Gasteiger partial charge in [0.15, 0.2) is 16.8 Å². The zero-order valence-corrected chi connectivity index (χ0v) is 14.7. The van der Waals surface area contributed by atoms with E-state index in [0.717, 1.165) is 17.2 Å². The van der Waals surface area contributed by atoms with E-state index < -0.39 is 23.0 Å². The van der Waals surface area contributed by atoms with E-state index >= 15 is 0 Å². The van der Waals surface area contributed by atoms with Gasteiger partial charge in [-0.1, -0.05) is 17.7 Å². The standard InChI is InChI=1S/C18H15F3N2O2S/c1-11-3-4-12(2)15(9-11)16-10-17(18(19,20)21)22-23(16)13-5-7-14(8-6-13)26(24)25/h3-10H,1-2H3,(H,24,25). The van der Waals surface area contributed by atoms with E-state index in [-0.39, 0.29) is 4.90 Å². The molecule has 0 fully saturated rings. The molecule has 0 bridgehead atoms. The predicted molar refractivity (Wildman–Crippen MR) is 92.5 cm³/mol. The molecule has 0 saturated carbocycles. The van der Waals surface area contributed by atoms with Crippen LogP contribution in [0.4, 0.5) is 13.2 Å². The Morgan fingerprint density at radius 3 is 2.27 bits per heavy atom. The summed E-state index contributed by atoms with van der Waals surface area (Å²) in [5, 5.41) is 3.73. The lowest BCUT2D eigenvalue weighted by Crippen LogP contribution is -2.07. The molecule has 0 aliphatic rings. The number of halogens is 3. The lowest BCUT2D eigenvalue weighted by atomic mass is 10.0. The SMILES string of the molecule is Cc1ccc(C)c(-c2cc(C(F)(F)F)nn2-c2ccc(S(=O)O)cc2)c1. The normalized spacial score (nSPS) is 13.0. The second-order valence-corrected chi connectivity index (χ2v) is 6.86. The molecule has 136 valence electrons. The maximum absolute atomic E-state index is 13.2.